The fraction of sp³-hybridized carbons (Fsp3) is 0.733. The van der Waals surface area contributed by atoms with Crippen molar-refractivity contribution in [2.75, 3.05) is 19.6 Å². The van der Waals surface area contributed by atoms with Crippen LogP contribution in [-0.2, 0) is 9.53 Å². The maximum absolute atomic E-state index is 11.9. The first-order valence-electron chi connectivity index (χ1n) is 7.06. The average molecular weight is 296 g/mol. The zero-order chi connectivity index (χ0) is 16.1. The molecule has 1 aliphatic rings. The van der Waals surface area contributed by atoms with E-state index < -0.39 is 23.2 Å². The number of unbranched alkanes of at least 4 members (excludes halogenated alkanes) is 1. The second-order valence-electron chi connectivity index (χ2n) is 6.42. The molecule has 0 unspecified atom stereocenters. The summed E-state index contributed by atoms with van der Waals surface area (Å²) in [4.78, 5) is 24.4. The van der Waals surface area contributed by atoms with Gasteiger partial charge in [-0.25, -0.2) is 4.79 Å². The lowest BCUT2D eigenvalue weighted by molar-refractivity contribution is -0.141. The minimum absolute atomic E-state index is 0.0254. The van der Waals surface area contributed by atoms with E-state index in [2.05, 4.69) is 11.2 Å². The van der Waals surface area contributed by atoms with E-state index in [4.69, 9.17) is 16.3 Å². The molecule has 1 aliphatic heterocycles. The van der Waals surface area contributed by atoms with Gasteiger partial charge in [0.2, 0.25) is 0 Å². The topological polar surface area (TPSA) is 78.9 Å². The molecular formula is C15H24N2O4. The highest BCUT2D eigenvalue weighted by atomic mass is 16.6. The first-order chi connectivity index (χ1) is 9.67. The van der Waals surface area contributed by atoms with Crippen molar-refractivity contribution in [2.24, 2.45) is 0 Å². The highest BCUT2D eigenvalue weighted by Gasteiger charge is 2.47. The zero-order valence-electron chi connectivity index (χ0n) is 12.9. The van der Waals surface area contributed by atoms with Crippen molar-refractivity contribution in [1.82, 2.24) is 10.2 Å². The molecular weight excluding hydrogens is 272 g/mol. The van der Waals surface area contributed by atoms with Gasteiger partial charge in [0.05, 0.1) is 12.0 Å². The van der Waals surface area contributed by atoms with E-state index in [1.54, 1.807) is 20.8 Å². The maximum Gasteiger partial charge on any atom is 0.410 e. The molecule has 0 aromatic heterocycles. The Hall–Kier alpha value is -1.74. The third kappa shape index (κ3) is 5.64. The van der Waals surface area contributed by atoms with Crippen LogP contribution in [0, 0.1) is 12.3 Å². The molecule has 1 fully saturated rings. The molecule has 6 heteroatoms. The lowest BCUT2D eigenvalue weighted by atomic mass is 9.86. The Labute approximate surface area is 125 Å². The molecule has 1 amide bonds. The Kier molecular flexibility index (Phi) is 5.62. The molecule has 0 atom stereocenters. The third-order valence-corrected chi connectivity index (χ3v) is 3.13. The monoisotopic (exact) mass is 296 g/mol. The van der Waals surface area contributed by atoms with Crippen LogP contribution in [0.5, 0.6) is 0 Å². The summed E-state index contributed by atoms with van der Waals surface area (Å²) in [5.41, 5.74) is -1.13. The van der Waals surface area contributed by atoms with Gasteiger partial charge in [0.1, 0.15) is 5.60 Å². The second kappa shape index (κ2) is 6.81. The van der Waals surface area contributed by atoms with E-state index in [9.17, 15) is 9.59 Å². The van der Waals surface area contributed by atoms with E-state index in [1.165, 1.54) is 4.90 Å². The van der Waals surface area contributed by atoms with Gasteiger partial charge in [-0.2, -0.15) is 0 Å². The van der Waals surface area contributed by atoms with Gasteiger partial charge in [-0.3, -0.25) is 4.79 Å². The van der Waals surface area contributed by atoms with Crippen LogP contribution < -0.4 is 5.32 Å². The van der Waals surface area contributed by atoms with Gasteiger partial charge in [-0.1, -0.05) is 0 Å². The number of carboxylic acids is 1. The lowest BCUT2D eigenvalue weighted by Crippen LogP contribution is -2.71. The van der Waals surface area contributed by atoms with E-state index in [0.717, 1.165) is 6.42 Å². The first kappa shape index (κ1) is 17.3. The molecule has 118 valence electrons. The zero-order valence-corrected chi connectivity index (χ0v) is 12.9. The largest absolute Gasteiger partial charge is 0.481 e. The molecule has 1 saturated heterocycles. The number of carbonyl (C=O) groups is 2. The summed E-state index contributed by atoms with van der Waals surface area (Å²) in [6.45, 7) is 6.71. The van der Waals surface area contributed by atoms with Crippen LogP contribution in [0.3, 0.4) is 0 Å². The second-order valence-corrected chi connectivity index (χ2v) is 6.42. The number of amides is 1. The normalized spacial score (nSPS) is 16.8. The third-order valence-electron chi connectivity index (χ3n) is 3.13. The van der Waals surface area contributed by atoms with Crippen LogP contribution >= 0.6 is 0 Å². The maximum atomic E-state index is 11.9. The molecule has 0 saturated carbocycles. The first-order valence-corrected chi connectivity index (χ1v) is 7.06. The molecule has 1 rings (SSSR count). The van der Waals surface area contributed by atoms with Gasteiger partial charge >= 0.3 is 12.1 Å². The molecule has 2 N–H and O–H groups in total. The van der Waals surface area contributed by atoms with Crippen LogP contribution in [0.1, 0.15) is 40.0 Å². The van der Waals surface area contributed by atoms with Crippen molar-refractivity contribution < 1.29 is 19.4 Å². The summed E-state index contributed by atoms with van der Waals surface area (Å²) in [7, 11) is 0. The molecule has 0 radical (unpaired) electrons. The highest BCUT2D eigenvalue weighted by Crippen LogP contribution is 2.26. The minimum atomic E-state index is -0.886. The van der Waals surface area contributed by atoms with Crippen LogP contribution in [0.15, 0.2) is 0 Å². The Balaban J connectivity index is 2.51. The highest BCUT2D eigenvalue weighted by molar-refractivity contribution is 5.73. The van der Waals surface area contributed by atoms with Crippen molar-refractivity contribution >= 4 is 12.1 Å². The predicted octanol–water partition coefficient (Wildman–Crippen LogP) is 1.45. The molecule has 0 spiro atoms. The van der Waals surface area contributed by atoms with Crippen molar-refractivity contribution in [3.63, 3.8) is 0 Å². The van der Waals surface area contributed by atoms with Crippen LogP contribution in [0.4, 0.5) is 4.79 Å². The number of carboxylic acid groups (broad SMARTS) is 1. The molecule has 0 aromatic rings. The van der Waals surface area contributed by atoms with E-state index in [1.807, 2.05) is 0 Å². The number of nitrogens with zero attached hydrogens (tertiary/aromatic N) is 1. The lowest BCUT2D eigenvalue weighted by Gasteiger charge is -2.49. The smallest absolute Gasteiger partial charge is 0.410 e. The Morgan fingerprint density at radius 3 is 2.52 bits per heavy atom. The predicted molar refractivity (Wildman–Crippen MR) is 78.9 cm³/mol. The Bertz CT molecular complexity index is 428. The molecule has 21 heavy (non-hydrogen) atoms. The summed E-state index contributed by atoms with van der Waals surface area (Å²) in [6.07, 6.45) is 6.18. The molecule has 6 nitrogen and oxygen atoms in total. The summed E-state index contributed by atoms with van der Waals surface area (Å²) < 4.78 is 5.27. The van der Waals surface area contributed by atoms with E-state index >= 15 is 0 Å². The number of hydrogen-bond donors (Lipinski definition) is 2. The Morgan fingerprint density at radius 1 is 1.43 bits per heavy atom. The van der Waals surface area contributed by atoms with E-state index in [-0.39, 0.29) is 6.42 Å². The fourth-order valence-electron chi connectivity index (χ4n) is 2.26. The summed E-state index contributed by atoms with van der Waals surface area (Å²) in [5.74, 6) is 1.66. The number of nitrogens with one attached hydrogen (secondary N) is 1. The van der Waals surface area contributed by atoms with Gasteiger partial charge in [0.25, 0.3) is 0 Å². The number of aliphatic carboxylic acids is 1. The van der Waals surface area contributed by atoms with Crippen molar-refractivity contribution in [3.05, 3.63) is 0 Å². The SMILES string of the molecule is C#CCCCNC1(CC(=O)O)CN(C(=O)OC(C)(C)C)C1. The van der Waals surface area contributed by atoms with Gasteiger partial charge in [-0.05, 0) is 33.7 Å². The average Bonchev–Trinajstić information content (AvgIpc) is 2.27. The number of rotatable bonds is 6. The standard InChI is InChI=1S/C15H24N2O4/c1-5-6-7-8-16-15(9-12(18)19)10-17(11-15)13(20)21-14(2,3)4/h1,16H,6-11H2,2-4H3,(H,18,19). The summed E-state index contributed by atoms with van der Waals surface area (Å²) >= 11 is 0. The molecule has 0 bridgehead atoms. The van der Waals surface area contributed by atoms with Gasteiger partial charge in [0.15, 0.2) is 0 Å². The van der Waals surface area contributed by atoms with Gasteiger partial charge < -0.3 is 20.1 Å². The van der Waals surface area contributed by atoms with Crippen molar-refractivity contribution in [2.45, 2.75) is 51.2 Å². The number of likely N-dealkylation sites (tertiary alicyclic amines) is 1. The number of terminal acetylenes is 1. The Morgan fingerprint density at radius 2 is 2.05 bits per heavy atom. The number of hydrogen-bond acceptors (Lipinski definition) is 4. The van der Waals surface area contributed by atoms with Crippen molar-refractivity contribution in [3.8, 4) is 12.3 Å². The van der Waals surface area contributed by atoms with Crippen LogP contribution in [-0.4, -0.2) is 52.8 Å². The molecule has 0 aromatic carbocycles. The fourth-order valence-corrected chi connectivity index (χ4v) is 2.26. The van der Waals surface area contributed by atoms with E-state index in [0.29, 0.717) is 26.1 Å². The number of ether oxygens (including phenoxy) is 1. The molecule has 1 heterocycles. The van der Waals surface area contributed by atoms with Crippen molar-refractivity contribution in [1.29, 1.82) is 0 Å². The summed E-state index contributed by atoms with van der Waals surface area (Å²) in [6, 6.07) is 0. The summed E-state index contributed by atoms with van der Waals surface area (Å²) in [5, 5.41) is 12.2. The van der Waals surface area contributed by atoms with Crippen LogP contribution in [0.2, 0.25) is 0 Å². The van der Waals surface area contributed by atoms with Gasteiger partial charge in [-0.15, -0.1) is 12.3 Å². The molecule has 0 aliphatic carbocycles. The number of carbonyl (C=O) groups excluding carboxylic acids is 1. The van der Waals surface area contributed by atoms with Gasteiger partial charge in [0, 0.05) is 19.5 Å². The quantitative estimate of drug-likeness (QED) is 0.573. The minimum Gasteiger partial charge on any atom is -0.481 e. The van der Waals surface area contributed by atoms with Crippen LogP contribution in [0.25, 0.3) is 0 Å².